The highest BCUT2D eigenvalue weighted by Crippen LogP contribution is 2.23. The van der Waals surface area contributed by atoms with Gasteiger partial charge in [-0.2, -0.15) is 0 Å². The minimum absolute atomic E-state index is 0.204. The van der Waals surface area contributed by atoms with Gasteiger partial charge in [0.25, 0.3) is 10.0 Å². The highest BCUT2D eigenvalue weighted by molar-refractivity contribution is 7.92. The van der Waals surface area contributed by atoms with Gasteiger partial charge >= 0.3 is 0 Å². The molecule has 0 fully saturated rings. The van der Waals surface area contributed by atoms with E-state index in [0.717, 1.165) is 0 Å². The number of pyridine rings is 2. The van der Waals surface area contributed by atoms with Crippen LogP contribution in [0.2, 0.25) is 0 Å². The average molecular weight is 292 g/mol. The first-order chi connectivity index (χ1) is 9.59. The Morgan fingerprint density at radius 1 is 1.20 bits per heavy atom. The molecule has 20 heavy (non-hydrogen) atoms. The van der Waals surface area contributed by atoms with Crippen LogP contribution >= 0.6 is 0 Å². The van der Waals surface area contributed by atoms with Gasteiger partial charge in [-0.3, -0.25) is 9.29 Å². The van der Waals surface area contributed by atoms with Gasteiger partial charge in [-0.15, -0.1) is 0 Å². The summed E-state index contributed by atoms with van der Waals surface area (Å²) >= 11 is 0. The molecule has 7 heteroatoms. The molecule has 0 saturated heterocycles. The maximum atomic E-state index is 12.7. The van der Waals surface area contributed by atoms with Crippen molar-refractivity contribution in [2.24, 2.45) is 0 Å². The van der Waals surface area contributed by atoms with Gasteiger partial charge in [-0.25, -0.2) is 13.4 Å². The Morgan fingerprint density at radius 3 is 2.50 bits per heavy atom. The SMILES string of the molecule is CCN(c1ccncc1)S(=O)(=O)c1ccnc(NC)c1. The minimum atomic E-state index is -3.61. The molecule has 0 unspecified atom stereocenters. The highest BCUT2D eigenvalue weighted by atomic mass is 32.2. The third kappa shape index (κ3) is 2.72. The number of nitrogens with one attached hydrogen (secondary N) is 1. The van der Waals surface area contributed by atoms with E-state index in [1.807, 2.05) is 0 Å². The summed E-state index contributed by atoms with van der Waals surface area (Å²) in [5.41, 5.74) is 0.588. The van der Waals surface area contributed by atoms with Gasteiger partial charge in [0, 0.05) is 38.2 Å². The van der Waals surface area contributed by atoms with Crippen LogP contribution in [0.1, 0.15) is 6.92 Å². The standard InChI is InChI=1S/C13H16N4O2S/c1-3-17(11-4-7-15-8-5-11)20(18,19)12-6-9-16-13(10-12)14-2/h4-10H,3H2,1-2H3,(H,14,16). The molecule has 2 aromatic heterocycles. The third-order valence-electron chi connectivity index (χ3n) is 2.81. The van der Waals surface area contributed by atoms with Crippen LogP contribution in [0.5, 0.6) is 0 Å². The number of sulfonamides is 1. The Hall–Kier alpha value is -2.15. The topological polar surface area (TPSA) is 75.2 Å². The molecule has 0 aliphatic heterocycles. The van der Waals surface area contributed by atoms with Crippen LogP contribution in [0.4, 0.5) is 11.5 Å². The molecule has 1 N–H and O–H groups in total. The van der Waals surface area contributed by atoms with Crippen LogP contribution in [-0.2, 0) is 10.0 Å². The van der Waals surface area contributed by atoms with Crippen LogP contribution in [0.15, 0.2) is 47.8 Å². The highest BCUT2D eigenvalue weighted by Gasteiger charge is 2.23. The Balaban J connectivity index is 2.47. The molecular formula is C13H16N4O2S. The summed E-state index contributed by atoms with van der Waals surface area (Å²) in [6, 6.07) is 6.33. The van der Waals surface area contributed by atoms with Crippen molar-refractivity contribution in [3.05, 3.63) is 42.9 Å². The third-order valence-corrected chi connectivity index (χ3v) is 4.71. The van der Waals surface area contributed by atoms with E-state index in [-0.39, 0.29) is 4.90 Å². The van der Waals surface area contributed by atoms with E-state index in [2.05, 4.69) is 15.3 Å². The molecule has 0 aliphatic rings. The maximum absolute atomic E-state index is 12.7. The molecule has 106 valence electrons. The predicted octanol–water partition coefficient (Wildman–Crippen LogP) is 1.73. The summed E-state index contributed by atoms with van der Waals surface area (Å²) in [7, 11) is -1.92. The van der Waals surface area contributed by atoms with Gasteiger partial charge in [0.15, 0.2) is 0 Å². The second kappa shape index (κ2) is 5.87. The lowest BCUT2D eigenvalue weighted by Crippen LogP contribution is -2.30. The molecule has 0 amide bonds. The fourth-order valence-electron chi connectivity index (χ4n) is 1.84. The Labute approximate surface area is 118 Å². The lowest BCUT2D eigenvalue weighted by Gasteiger charge is -2.22. The second-order valence-corrected chi connectivity index (χ2v) is 5.86. The van der Waals surface area contributed by atoms with Crippen LogP contribution in [-0.4, -0.2) is 32.0 Å². The quantitative estimate of drug-likeness (QED) is 0.908. The molecule has 0 atom stereocenters. The lowest BCUT2D eigenvalue weighted by atomic mass is 10.4. The molecule has 0 saturated carbocycles. The van der Waals surface area contributed by atoms with Crippen molar-refractivity contribution in [2.45, 2.75) is 11.8 Å². The van der Waals surface area contributed by atoms with Crippen molar-refractivity contribution >= 4 is 21.5 Å². The average Bonchev–Trinajstić information content (AvgIpc) is 2.49. The molecule has 0 radical (unpaired) electrons. The van der Waals surface area contributed by atoms with Crippen molar-refractivity contribution in [3.63, 3.8) is 0 Å². The van der Waals surface area contributed by atoms with Crippen molar-refractivity contribution in [1.29, 1.82) is 0 Å². The van der Waals surface area contributed by atoms with E-state index in [0.29, 0.717) is 18.1 Å². The van der Waals surface area contributed by atoms with Crippen molar-refractivity contribution in [3.8, 4) is 0 Å². The summed E-state index contributed by atoms with van der Waals surface area (Å²) in [5.74, 6) is 0.511. The van der Waals surface area contributed by atoms with Crippen LogP contribution in [0.25, 0.3) is 0 Å². The molecule has 0 bridgehead atoms. The van der Waals surface area contributed by atoms with Gasteiger partial charge in [-0.1, -0.05) is 0 Å². The van der Waals surface area contributed by atoms with Crippen LogP contribution < -0.4 is 9.62 Å². The van der Waals surface area contributed by atoms with Crippen LogP contribution in [0.3, 0.4) is 0 Å². The summed E-state index contributed by atoms with van der Waals surface area (Å²) in [6.07, 6.45) is 4.61. The first-order valence-corrected chi connectivity index (χ1v) is 7.60. The molecule has 6 nitrogen and oxygen atoms in total. The predicted molar refractivity (Wildman–Crippen MR) is 78.2 cm³/mol. The number of rotatable bonds is 5. The van der Waals surface area contributed by atoms with Gasteiger partial charge < -0.3 is 5.32 Å². The Morgan fingerprint density at radius 2 is 1.90 bits per heavy atom. The molecule has 2 aromatic rings. The first-order valence-electron chi connectivity index (χ1n) is 6.16. The van der Waals surface area contributed by atoms with E-state index < -0.39 is 10.0 Å². The maximum Gasteiger partial charge on any atom is 0.264 e. The number of hydrogen-bond acceptors (Lipinski definition) is 5. The van der Waals surface area contributed by atoms with E-state index in [1.165, 1.54) is 22.6 Å². The molecule has 0 aliphatic carbocycles. The number of nitrogens with zero attached hydrogens (tertiary/aromatic N) is 3. The van der Waals surface area contributed by atoms with Crippen molar-refractivity contribution in [1.82, 2.24) is 9.97 Å². The van der Waals surface area contributed by atoms with Gasteiger partial charge in [0.05, 0.1) is 10.6 Å². The van der Waals surface area contributed by atoms with Gasteiger partial charge in [0.2, 0.25) is 0 Å². The van der Waals surface area contributed by atoms with E-state index in [1.54, 1.807) is 38.5 Å². The molecule has 2 heterocycles. The fourth-order valence-corrected chi connectivity index (χ4v) is 3.32. The molecule has 0 aromatic carbocycles. The summed E-state index contributed by atoms with van der Waals surface area (Å²) in [6.45, 7) is 2.13. The molecular weight excluding hydrogens is 276 g/mol. The van der Waals surface area contributed by atoms with Crippen LogP contribution in [0, 0.1) is 0 Å². The van der Waals surface area contributed by atoms with E-state index in [9.17, 15) is 8.42 Å². The Kier molecular flexibility index (Phi) is 4.19. The first kappa shape index (κ1) is 14.3. The van der Waals surface area contributed by atoms with Crippen molar-refractivity contribution < 1.29 is 8.42 Å². The largest absolute Gasteiger partial charge is 0.373 e. The second-order valence-electron chi connectivity index (χ2n) is 4.00. The van der Waals surface area contributed by atoms with E-state index in [4.69, 9.17) is 0 Å². The zero-order valence-electron chi connectivity index (χ0n) is 11.3. The fraction of sp³-hybridized carbons (Fsp3) is 0.231. The molecule has 2 rings (SSSR count). The summed E-state index contributed by atoms with van der Waals surface area (Å²) in [5, 5.41) is 2.83. The smallest absolute Gasteiger partial charge is 0.264 e. The monoisotopic (exact) mass is 292 g/mol. The van der Waals surface area contributed by atoms with E-state index >= 15 is 0 Å². The number of anilines is 2. The summed E-state index contributed by atoms with van der Waals surface area (Å²) in [4.78, 5) is 8.13. The summed E-state index contributed by atoms with van der Waals surface area (Å²) < 4.78 is 26.7. The van der Waals surface area contributed by atoms with Crippen molar-refractivity contribution in [2.75, 3.05) is 23.2 Å². The zero-order valence-corrected chi connectivity index (χ0v) is 12.1. The molecule has 0 spiro atoms. The normalized spacial score (nSPS) is 11.1. The van der Waals surface area contributed by atoms with Gasteiger partial charge in [0.1, 0.15) is 5.82 Å². The minimum Gasteiger partial charge on any atom is -0.373 e. The number of hydrogen-bond donors (Lipinski definition) is 1. The zero-order chi connectivity index (χ0) is 14.6. The lowest BCUT2D eigenvalue weighted by molar-refractivity contribution is 0.591. The number of aromatic nitrogens is 2. The Bertz CT molecular complexity index is 674. The van der Waals surface area contributed by atoms with Gasteiger partial charge in [-0.05, 0) is 25.1 Å².